The highest BCUT2D eigenvalue weighted by molar-refractivity contribution is 7.47. The van der Waals surface area contributed by atoms with Gasteiger partial charge < -0.3 is 20.1 Å². The first-order valence-electron chi connectivity index (χ1n) is 15.0. The Morgan fingerprint density at radius 3 is 1.61 bits per heavy atom. The van der Waals surface area contributed by atoms with Gasteiger partial charge in [0.2, 0.25) is 0 Å². The number of ether oxygens (including phenoxy) is 2. The summed E-state index contributed by atoms with van der Waals surface area (Å²) in [5.41, 5.74) is 5.22. The number of rotatable bonds is 28. The monoisotopic (exact) mass is 565 g/mol. The van der Waals surface area contributed by atoms with Crippen molar-refractivity contribution in [3.05, 3.63) is 0 Å². The predicted octanol–water partition coefficient (Wildman–Crippen LogP) is 6.99. The van der Waals surface area contributed by atoms with Gasteiger partial charge in [-0.3, -0.25) is 18.6 Å². The number of phosphoric acid groups is 1. The number of unbranched alkanes of at least 4 members (excludes halogenated alkanes) is 17. The number of hydrogen-bond donors (Lipinski definition) is 2. The van der Waals surface area contributed by atoms with Gasteiger partial charge in [0.1, 0.15) is 6.61 Å². The third-order valence-corrected chi connectivity index (χ3v) is 7.28. The van der Waals surface area contributed by atoms with Crippen LogP contribution in [0.1, 0.15) is 136 Å². The highest BCUT2D eigenvalue weighted by Gasteiger charge is 2.25. The van der Waals surface area contributed by atoms with Gasteiger partial charge in [0.05, 0.1) is 13.2 Å². The quantitative estimate of drug-likeness (QED) is 0.0585. The van der Waals surface area contributed by atoms with Crippen molar-refractivity contribution >= 4 is 19.8 Å². The average Bonchev–Trinajstić information content (AvgIpc) is 2.88. The molecular weight excluding hydrogens is 509 g/mol. The first-order chi connectivity index (χ1) is 18.3. The van der Waals surface area contributed by atoms with Gasteiger partial charge in [-0.15, -0.1) is 0 Å². The Labute approximate surface area is 231 Å². The molecule has 0 aliphatic rings. The Morgan fingerprint density at radius 1 is 0.737 bits per heavy atom. The summed E-state index contributed by atoms with van der Waals surface area (Å²) in [7, 11) is -4.31. The van der Waals surface area contributed by atoms with Crippen molar-refractivity contribution in [2.45, 2.75) is 142 Å². The van der Waals surface area contributed by atoms with Crippen LogP contribution in [0.3, 0.4) is 0 Å². The fraction of sp³-hybridized carbons (Fsp3) is 0.929. The number of carbonyl (C=O) groups is 2. The van der Waals surface area contributed by atoms with Gasteiger partial charge in [-0.1, -0.05) is 116 Å². The van der Waals surface area contributed by atoms with E-state index in [1.807, 2.05) is 0 Å². The van der Waals surface area contributed by atoms with Gasteiger partial charge in [-0.2, -0.15) is 0 Å². The van der Waals surface area contributed by atoms with E-state index in [2.05, 4.69) is 11.4 Å². The number of esters is 2. The SMILES string of the molecule is CCCCCCCCCCCCCCCCCCCCC(=O)OC[C@H](COP(=O)(O)OCCN)OC(C)=O. The maximum Gasteiger partial charge on any atom is 0.472 e. The Hall–Kier alpha value is -0.990. The van der Waals surface area contributed by atoms with Gasteiger partial charge in [0, 0.05) is 19.9 Å². The molecule has 1 unspecified atom stereocenters. The summed E-state index contributed by atoms with van der Waals surface area (Å²) in [4.78, 5) is 32.8. The van der Waals surface area contributed by atoms with E-state index in [9.17, 15) is 19.0 Å². The normalized spacial score (nSPS) is 13.7. The molecule has 38 heavy (non-hydrogen) atoms. The van der Waals surface area contributed by atoms with Crippen LogP contribution < -0.4 is 5.73 Å². The van der Waals surface area contributed by atoms with E-state index in [1.54, 1.807) is 0 Å². The number of nitrogens with two attached hydrogens (primary N) is 1. The Balaban J connectivity index is 3.65. The lowest BCUT2D eigenvalue weighted by atomic mass is 10.0. The van der Waals surface area contributed by atoms with Gasteiger partial charge in [0.15, 0.2) is 6.10 Å². The molecule has 0 amide bonds. The fourth-order valence-electron chi connectivity index (χ4n) is 4.16. The van der Waals surface area contributed by atoms with Crippen LogP contribution in [-0.4, -0.2) is 49.3 Å². The summed E-state index contributed by atoms with van der Waals surface area (Å²) < 4.78 is 31.3. The summed E-state index contributed by atoms with van der Waals surface area (Å²) in [6, 6.07) is 0. The zero-order valence-electron chi connectivity index (χ0n) is 24.2. The minimum atomic E-state index is -4.31. The zero-order valence-corrected chi connectivity index (χ0v) is 25.1. The molecule has 0 rings (SSSR count). The van der Waals surface area contributed by atoms with E-state index in [-0.39, 0.29) is 26.2 Å². The molecule has 0 fully saturated rings. The topological polar surface area (TPSA) is 134 Å². The van der Waals surface area contributed by atoms with E-state index < -0.39 is 32.5 Å². The molecule has 0 aromatic rings. The molecule has 10 heteroatoms. The molecule has 0 spiro atoms. The first-order valence-corrected chi connectivity index (χ1v) is 16.4. The predicted molar refractivity (Wildman–Crippen MR) is 151 cm³/mol. The van der Waals surface area contributed by atoms with E-state index in [1.165, 1.54) is 103 Å². The van der Waals surface area contributed by atoms with E-state index in [4.69, 9.17) is 19.7 Å². The largest absolute Gasteiger partial charge is 0.472 e. The van der Waals surface area contributed by atoms with Crippen molar-refractivity contribution in [1.29, 1.82) is 0 Å². The molecule has 0 saturated carbocycles. The minimum Gasteiger partial charge on any atom is -0.462 e. The standard InChI is InChI=1S/C28H56NO8P/c1-3-4-5-6-7-8-9-10-11-12-13-14-15-16-17-18-19-20-21-28(31)34-24-27(37-26(2)30)25-36-38(32,33)35-23-22-29/h27H,3-25,29H2,1-2H3,(H,32,33)/t27-/m1/s1. The van der Waals surface area contributed by atoms with Gasteiger partial charge in [-0.25, -0.2) is 4.57 Å². The summed E-state index contributed by atoms with van der Waals surface area (Å²) in [6.07, 6.45) is 22.4. The Morgan fingerprint density at radius 2 is 1.18 bits per heavy atom. The molecule has 0 radical (unpaired) electrons. The van der Waals surface area contributed by atoms with Crippen LogP contribution in [0.2, 0.25) is 0 Å². The molecule has 3 N–H and O–H groups in total. The van der Waals surface area contributed by atoms with Crippen molar-refractivity contribution in [2.24, 2.45) is 5.73 Å². The first kappa shape index (κ1) is 37.0. The summed E-state index contributed by atoms with van der Waals surface area (Å²) in [5.74, 6) is -1.01. The van der Waals surface area contributed by atoms with E-state index in [0.717, 1.165) is 19.3 Å². The van der Waals surface area contributed by atoms with Crippen LogP contribution in [-0.2, 0) is 32.7 Å². The molecule has 0 aliphatic heterocycles. The summed E-state index contributed by atoms with van der Waals surface area (Å²) >= 11 is 0. The molecule has 0 aliphatic carbocycles. The van der Waals surface area contributed by atoms with E-state index >= 15 is 0 Å². The van der Waals surface area contributed by atoms with Crippen LogP contribution in [0.5, 0.6) is 0 Å². The third-order valence-electron chi connectivity index (χ3n) is 6.29. The molecule has 226 valence electrons. The lowest BCUT2D eigenvalue weighted by molar-refractivity contribution is -0.159. The van der Waals surface area contributed by atoms with Crippen LogP contribution in [0.15, 0.2) is 0 Å². The average molecular weight is 566 g/mol. The molecule has 0 aromatic heterocycles. The van der Waals surface area contributed by atoms with Crippen molar-refractivity contribution in [3.8, 4) is 0 Å². The van der Waals surface area contributed by atoms with Crippen molar-refractivity contribution in [1.82, 2.24) is 0 Å². The van der Waals surface area contributed by atoms with Gasteiger partial charge >= 0.3 is 19.8 Å². The lowest BCUT2D eigenvalue weighted by Gasteiger charge is -2.19. The molecule has 9 nitrogen and oxygen atoms in total. The molecular formula is C28H56NO8P. The summed E-state index contributed by atoms with van der Waals surface area (Å²) in [5, 5.41) is 0. The van der Waals surface area contributed by atoms with Gasteiger partial charge in [0.25, 0.3) is 0 Å². The zero-order chi connectivity index (χ0) is 28.3. The van der Waals surface area contributed by atoms with Crippen LogP contribution >= 0.6 is 7.82 Å². The maximum atomic E-state index is 12.0. The maximum absolute atomic E-state index is 12.0. The number of carbonyl (C=O) groups excluding carboxylic acids is 2. The number of phosphoric ester groups is 1. The van der Waals surface area contributed by atoms with Crippen LogP contribution in [0, 0.1) is 0 Å². The third kappa shape index (κ3) is 26.6. The number of hydrogen-bond acceptors (Lipinski definition) is 8. The minimum absolute atomic E-state index is 0.0539. The second-order valence-electron chi connectivity index (χ2n) is 10.1. The highest BCUT2D eigenvalue weighted by Crippen LogP contribution is 2.43. The molecule has 0 saturated heterocycles. The fourth-order valence-corrected chi connectivity index (χ4v) is 4.93. The second kappa shape index (κ2) is 26.2. The molecule has 0 aromatic carbocycles. The van der Waals surface area contributed by atoms with Crippen LogP contribution in [0.25, 0.3) is 0 Å². The van der Waals surface area contributed by atoms with Crippen molar-refractivity contribution in [3.63, 3.8) is 0 Å². The van der Waals surface area contributed by atoms with E-state index in [0.29, 0.717) is 0 Å². The highest BCUT2D eigenvalue weighted by atomic mass is 31.2. The Kier molecular flexibility index (Phi) is 25.6. The smallest absolute Gasteiger partial charge is 0.462 e. The van der Waals surface area contributed by atoms with Crippen molar-refractivity contribution < 1.29 is 37.6 Å². The Bertz CT molecular complexity index is 620. The second-order valence-corrected chi connectivity index (χ2v) is 11.5. The van der Waals surface area contributed by atoms with Gasteiger partial charge in [-0.05, 0) is 6.42 Å². The lowest BCUT2D eigenvalue weighted by Crippen LogP contribution is -2.28. The molecule has 2 atom stereocenters. The van der Waals surface area contributed by atoms with Crippen LogP contribution in [0.4, 0.5) is 0 Å². The molecule has 0 bridgehead atoms. The summed E-state index contributed by atoms with van der Waals surface area (Å²) in [6.45, 7) is 2.66. The van der Waals surface area contributed by atoms with Crippen molar-refractivity contribution in [2.75, 3.05) is 26.4 Å². The molecule has 0 heterocycles.